The SMILES string of the molecule is CCNCCNC(=O)c1ccc(Oc2ccc(Br)cc2)nc1.Cl.Cl. The Morgan fingerprint density at radius 1 is 1.12 bits per heavy atom. The van der Waals surface area contributed by atoms with Crippen molar-refractivity contribution in [3.05, 3.63) is 52.6 Å². The van der Waals surface area contributed by atoms with Crippen molar-refractivity contribution < 1.29 is 9.53 Å². The van der Waals surface area contributed by atoms with Gasteiger partial charge in [0, 0.05) is 29.8 Å². The first-order chi connectivity index (χ1) is 10.7. The number of aromatic nitrogens is 1. The number of hydrogen-bond acceptors (Lipinski definition) is 4. The lowest BCUT2D eigenvalue weighted by molar-refractivity contribution is 0.0953. The maximum absolute atomic E-state index is 11.9. The third-order valence-electron chi connectivity index (χ3n) is 2.87. The van der Waals surface area contributed by atoms with Gasteiger partial charge in [-0.25, -0.2) is 4.98 Å². The summed E-state index contributed by atoms with van der Waals surface area (Å²) in [5.41, 5.74) is 0.514. The zero-order valence-corrected chi connectivity index (χ0v) is 16.3. The summed E-state index contributed by atoms with van der Waals surface area (Å²) in [6.45, 7) is 4.25. The summed E-state index contributed by atoms with van der Waals surface area (Å²) >= 11 is 3.37. The highest BCUT2D eigenvalue weighted by atomic mass is 79.9. The molecule has 2 rings (SSSR count). The van der Waals surface area contributed by atoms with Gasteiger partial charge in [0.05, 0.1) is 5.56 Å². The largest absolute Gasteiger partial charge is 0.439 e. The van der Waals surface area contributed by atoms with Crippen molar-refractivity contribution >= 4 is 46.7 Å². The van der Waals surface area contributed by atoms with E-state index < -0.39 is 0 Å². The van der Waals surface area contributed by atoms with E-state index in [-0.39, 0.29) is 30.7 Å². The fourth-order valence-electron chi connectivity index (χ4n) is 1.74. The fourth-order valence-corrected chi connectivity index (χ4v) is 2.01. The van der Waals surface area contributed by atoms with Crippen molar-refractivity contribution in [2.45, 2.75) is 6.92 Å². The molecule has 1 aromatic carbocycles. The summed E-state index contributed by atoms with van der Waals surface area (Å²) in [6, 6.07) is 10.8. The van der Waals surface area contributed by atoms with Gasteiger partial charge in [-0.2, -0.15) is 0 Å². The fraction of sp³-hybridized carbons (Fsp3) is 0.250. The van der Waals surface area contributed by atoms with E-state index in [2.05, 4.69) is 31.5 Å². The number of benzene rings is 1. The molecule has 0 radical (unpaired) electrons. The van der Waals surface area contributed by atoms with Gasteiger partial charge in [-0.05, 0) is 36.9 Å². The molecule has 8 heteroatoms. The summed E-state index contributed by atoms with van der Waals surface area (Å²) in [5.74, 6) is 1.01. The first-order valence-electron chi connectivity index (χ1n) is 7.07. The normalized spacial score (nSPS) is 9.42. The number of nitrogens with one attached hydrogen (secondary N) is 2. The molecule has 24 heavy (non-hydrogen) atoms. The molecule has 1 heterocycles. The van der Waals surface area contributed by atoms with Crippen molar-refractivity contribution in [3.8, 4) is 11.6 Å². The van der Waals surface area contributed by atoms with E-state index >= 15 is 0 Å². The minimum atomic E-state index is -0.138. The molecule has 0 saturated heterocycles. The molecule has 0 bridgehead atoms. The monoisotopic (exact) mass is 435 g/mol. The molecule has 2 aromatic rings. The molecule has 0 fully saturated rings. The second-order valence-electron chi connectivity index (χ2n) is 4.55. The Balaban J connectivity index is 0.00000264. The number of likely N-dealkylation sites (N-methyl/N-ethyl adjacent to an activating group) is 1. The summed E-state index contributed by atoms with van der Waals surface area (Å²) in [5, 5.41) is 5.96. The molecule has 1 aromatic heterocycles. The van der Waals surface area contributed by atoms with Crippen LogP contribution < -0.4 is 15.4 Å². The number of ether oxygens (including phenoxy) is 1. The van der Waals surface area contributed by atoms with Crippen LogP contribution in [0.1, 0.15) is 17.3 Å². The van der Waals surface area contributed by atoms with Gasteiger partial charge in [0.2, 0.25) is 5.88 Å². The number of rotatable bonds is 7. The Morgan fingerprint density at radius 2 is 1.83 bits per heavy atom. The lowest BCUT2D eigenvalue weighted by Crippen LogP contribution is -2.31. The number of halogens is 3. The van der Waals surface area contributed by atoms with Crippen LogP contribution in [-0.2, 0) is 0 Å². The van der Waals surface area contributed by atoms with Crippen molar-refractivity contribution in [2.24, 2.45) is 0 Å². The Bertz CT molecular complexity index is 610. The summed E-state index contributed by atoms with van der Waals surface area (Å²) < 4.78 is 6.59. The lowest BCUT2D eigenvalue weighted by Gasteiger charge is -2.07. The number of amides is 1. The number of pyridine rings is 1. The molecule has 0 spiro atoms. The zero-order valence-electron chi connectivity index (χ0n) is 13.1. The molecular formula is C16H20BrCl2N3O2. The van der Waals surface area contributed by atoms with E-state index in [1.54, 1.807) is 12.1 Å². The summed E-state index contributed by atoms with van der Waals surface area (Å²) in [4.78, 5) is 16.0. The van der Waals surface area contributed by atoms with E-state index in [9.17, 15) is 4.79 Å². The molecule has 132 valence electrons. The topological polar surface area (TPSA) is 63.2 Å². The third kappa shape index (κ3) is 7.49. The van der Waals surface area contributed by atoms with Gasteiger partial charge in [-0.3, -0.25) is 4.79 Å². The van der Waals surface area contributed by atoms with Crippen molar-refractivity contribution in [1.29, 1.82) is 0 Å². The molecule has 5 nitrogen and oxygen atoms in total. The highest BCUT2D eigenvalue weighted by Gasteiger charge is 2.06. The summed E-state index contributed by atoms with van der Waals surface area (Å²) in [6.07, 6.45) is 1.51. The van der Waals surface area contributed by atoms with Gasteiger partial charge < -0.3 is 15.4 Å². The molecule has 0 unspecified atom stereocenters. The number of carbonyl (C=O) groups is 1. The Morgan fingerprint density at radius 3 is 2.42 bits per heavy atom. The van der Waals surface area contributed by atoms with Crippen LogP contribution in [0, 0.1) is 0 Å². The van der Waals surface area contributed by atoms with Crippen molar-refractivity contribution in [3.63, 3.8) is 0 Å². The van der Waals surface area contributed by atoms with Crippen LogP contribution in [0.15, 0.2) is 47.1 Å². The van der Waals surface area contributed by atoms with Gasteiger partial charge >= 0.3 is 0 Å². The van der Waals surface area contributed by atoms with E-state index in [1.807, 2.05) is 31.2 Å². The Kier molecular flexibility index (Phi) is 11.4. The van der Waals surface area contributed by atoms with Crippen LogP contribution in [0.5, 0.6) is 11.6 Å². The molecule has 0 saturated carbocycles. The van der Waals surface area contributed by atoms with Crippen molar-refractivity contribution in [2.75, 3.05) is 19.6 Å². The smallest absolute Gasteiger partial charge is 0.252 e. The van der Waals surface area contributed by atoms with Gasteiger partial charge in [0.1, 0.15) is 5.75 Å². The number of hydrogen-bond donors (Lipinski definition) is 2. The first kappa shape index (κ1) is 22.7. The van der Waals surface area contributed by atoms with E-state index in [1.165, 1.54) is 6.20 Å². The van der Waals surface area contributed by atoms with E-state index in [4.69, 9.17) is 4.74 Å². The third-order valence-corrected chi connectivity index (χ3v) is 3.40. The van der Waals surface area contributed by atoms with Crippen LogP contribution in [0.3, 0.4) is 0 Å². The second-order valence-corrected chi connectivity index (χ2v) is 5.47. The predicted octanol–water partition coefficient (Wildman–Crippen LogP) is 3.82. The standard InChI is InChI=1S/C16H18BrN3O2.2ClH/c1-2-18-9-10-19-16(21)12-3-8-15(20-11-12)22-14-6-4-13(17)5-7-14;;/h3-8,11,18H,2,9-10H2,1H3,(H,19,21);2*1H. The van der Waals surface area contributed by atoms with Crippen LogP contribution >= 0.6 is 40.7 Å². The van der Waals surface area contributed by atoms with Crippen LogP contribution in [-0.4, -0.2) is 30.5 Å². The minimum absolute atomic E-state index is 0. The maximum Gasteiger partial charge on any atom is 0.252 e. The van der Waals surface area contributed by atoms with Crippen molar-refractivity contribution in [1.82, 2.24) is 15.6 Å². The summed E-state index contributed by atoms with van der Waals surface area (Å²) in [7, 11) is 0. The van der Waals surface area contributed by atoms with Gasteiger partial charge in [-0.1, -0.05) is 22.9 Å². The van der Waals surface area contributed by atoms with Gasteiger partial charge in [-0.15, -0.1) is 24.8 Å². The molecule has 2 N–H and O–H groups in total. The highest BCUT2D eigenvalue weighted by molar-refractivity contribution is 9.10. The van der Waals surface area contributed by atoms with Crippen LogP contribution in [0.4, 0.5) is 0 Å². The molecule has 1 amide bonds. The second kappa shape index (κ2) is 12.1. The van der Waals surface area contributed by atoms with Crippen LogP contribution in [0.2, 0.25) is 0 Å². The first-order valence-corrected chi connectivity index (χ1v) is 7.86. The van der Waals surface area contributed by atoms with E-state index in [0.717, 1.165) is 17.6 Å². The maximum atomic E-state index is 11.9. The average Bonchev–Trinajstić information content (AvgIpc) is 2.54. The van der Waals surface area contributed by atoms with Gasteiger partial charge in [0.15, 0.2) is 0 Å². The Hall–Kier alpha value is -1.34. The van der Waals surface area contributed by atoms with E-state index in [0.29, 0.717) is 23.7 Å². The molecule has 0 aliphatic heterocycles. The molecular weight excluding hydrogens is 417 g/mol. The minimum Gasteiger partial charge on any atom is -0.439 e. The highest BCUT2D eigenvalue weighted by Crippen LogP contribution is 2.21. The zero-order chi connectivity index (χ0) is 15.8. The molecule has 0 atom stereocenters. The average molecular weight is 437 g/mol. The lowest BCUT2D eigenvalue weighted by atomic mass is 10.2. The van der Waals surface area contributed by atoms with Crippen LogP contribution in [0.25, 0.3) is 0 Å². The number of nitrogens with zero attached hydrogens (tertiary/aromatic N) is 1. The quantitative estimate of drug-likeness (QED) is 0.647. The Labute approximate surface area is 162 Å². The number of carbonyl (C=O) groups excluding carboxylic acids is 1. The van der Waals surface area contributed by atoms with Gasteiger partial charge in [0.25, 0.3) is 5.91 Å². The predicted molar refractivity (Wildman–Crippen MR) is 104 cm³/mol. The molecule has 0 aliphatic carbocycles. The molecule has 0 aliphatic rings.